The molecule has 1 atom stereocenters. The Morgan fingerprint density at radius 3 is 2.13 bits per heavy atom. The molecule has 3 aliphatic heterocycles. The third kappa shape index (κ3) is 17.4. The zero-order valence-corrected chi connectivity index (χ0v) is 59.0. The van der Waals surface area contributed by atoms with E-state index in [0.717, 1.165) is 84.9 Å². The van der Waals surface area contributed by atoms with Gasteiger partial charge in [-0.25, -0.2) is 27.7 Å². The first-order chi connectivity index (χ1) is 45.5. The molecule has 0 spiro atoms. The molecule has 0 aliphatic carbocycles. The predicted octanol–water partition coefficient (Wildman–Crippen LogP) is 9.53. The lowest BCUT2D eigenvalue weighted by atomic mass is 9.79. The van der Waals surface area contributed by atoms with Gasteiger partial charge < -0.3 is 20.6 Å². The highest BCUT2D eigenvalue weighted by Gasteiger charge is 2.47. The first-order valence-electron chi connectivity index (χ1n) is 32.0. The molecule has 0 radical (unpaired) electrons. The highest BCUT2D eigenvalue weighted by molar-refractivity contribution is 7.89. The number of aromatic nitrogens is 3. The van der Waals surface area contributed by atoms with Crippen LogP contribution in [-0.2, 0) is 90.3 Å². The van der Waals surface area contributed by atoms with Crippen molar-refractivity contribution in [1.82, 2.24) is 24.6 Å². The summed E-state index contributed by atoms with van der Waals surface area (Å²) in [6.07, 6.45) is 18.9. The second kappa shape index (κ2) is 29.6. The number of anilines is 2. The molecule has 3 aliphatic rings. The van der Waals surface area contributed by atoms with Gasteiger partial charge in [-0.15, -0.1) is 0 Å². The summed E-state index contributed by atoms with van der Waals surface area (Å²) in [6, 6.07) is 15.2. The van der Waals surface area contributed by atoms with Crippen LogP contribution in [0.15, 0.2) is 124 Å². The molecule has 2 aromatic heterocycles. The number of benzene rings is 4. The van der Waals surface area contributed by atoms with Crippen molar-refractivity contribution in [2.45, 2.75) is 156 Å². The van der Waals surface area contributed by atoms with Gasteiger partial charge in [0.1, 0.15) is 23.1 Å². The number of carboxylic acids is 1. The molecule has 1 amide bonds. The van der Waals surface area contributed by atoms with Crippen LogP contribution < -0.4 is 15.5 Å². The van der Waals surface area contributed by atoms with Crippen LogP contribution >= 0.6 is 0 Å². The van der Waals surface area contributed by atoms with E-state index in [9.17, 15) is 75.0 Å². The summed E-state index contributed by atoms with van der Waals surface area (Å²) in [5.41, 5.74) is 5.15. The Morgan fingerprint density at radius 1 is 0.753 bits per heavy atom. The molecular formula is C67H83N8O17S5+. The number of allylic oxidation sites excluding steroid dienone is 6. The van der Waals surface area contributed by atoms with Gasteiger partial charge >= 0.3 is 5.97 Å². The molecule has 6 aromatic rings. The minimum absolute atomic E-state index is 0.00445. The van der Waals surface area contributed by atoms with Crippen molar-refractivity contribution >= 4 is 107 Å². The lowest BCUT2D eigenvalue weighted by Gasteiger charge is -2.27. The lowest BCUT2D eigenvalue weighted by molar-refractivity contribution is -0.437. The maximum absolute atomic E-state index is 14.6. The molecule has 5 heterocycles. The quantitative estimate of drug-likeness (QED) is 0.00921. The molecule has 0 bridgehead atoms. The highest BCUT2D eigenvalue weighted by atomic mass is 32.2. The Labute approximate surface area is 567 Å². The number of nitrogens with one attached hydrogen (secondary N) is 2. The van der Waals surface area contributed by atoms with E-state index in [1.807, 2.05) is 30.9 Å². The molecule has 4 aromatic carbocycles. The zero-order chi connectivity index (χ0) is 70.6. The van der Waals surface area contributed by atoms with Gasteiger partial charge in [0.25, 0.3) is 40.5 Å². The predicted molar refractivity (Wildman–Crippen MR) is 370 cm³/mol. The normalized spacial score (nSPS) is 16.4. The number of amides is 1. The number of pyridine rings is 1. The molecular weight excluding hydrogens is 1350 g/mol. The molecule has 0 saturated heterocycles. The summed E-state index contributed by atoms with van der Waals surface area (Å²) >= 11 is 0. The Balaban J connectivity index is 0.903. The fourth-order valence-electron chi connectivity index (χ4n) is 13.6. The van der Waals surface area contributed by atoms with Crippen molar-refractivity contribution < 1.29 is 79.6 Å². The number of fused-ring (bicyclic) bond motifs is 7. The first-order valence-corrected chi connectivity index (χ1v) is 39.5. The summed E-state index contributed by atoms with van der Waals surface area (Å²) < 4.78 is 170. The minimum Gasteiger partial charge on any atom is -0.481 e. The van der Waals surface area contributed by atoms with E-state index in [1.54, 1.807) is 86.3 Å². The topological polar surface area (TPSA) is 378 Å². The van der Waals surface area contributed by atoms with Crippen LogP contribution in [0.5, 0.6) is 0 Å². The SMILES string of the molecule is Cc1ncc([C@@H](CCCCCCc2nc3c(cc2CNC(=O)CCCN(C)S(=O)(=O)c2cccc4c5c(ccc24)N(CCCS(=O)(=O)O)/C(=C/C=C/C=C/C2=[N+](CCCS(=O)(=O)O)c4ccc6c(S(=O)(=O)O)cc(S(=O)(=O)O)cc6c4C2(C)C)C5(C)C)CCCN3)CC(=O)O)cn1. The fraction of sp³-hybridized carbons (Fsp3) is 0.433. The van der Waals surface area contributed by atoms with E-state index < -0.39 is 88.6 Å². The van der Waals surface area contributed by atoms with E-state index in [2.05, 4.69) is 26.7 Å². The number of unbranched alkanes of at least 4 members (excludes halogenated alkanes) is 3. The van der Waals surface area contributed by atoms with Crippen molar-refractivity contribution in [3.8, 4) is 0 Å². The van der Waals surface area contributed by atoms with Crippen LogP contribution in [0.4, 0.5) is 17.2 Å². The number of aliphatic carboxylic acids is 1. The van der Waals surface area contributed by atoms with Crippen molar-refractivity contribution in [3.05, 3.63) is 148 Å². The van der Waals surface area contributed by atoms with Crippen molar-refractivity contribution in [2.24, 2.45) is 0 Å². The second-order valence-electron chi connectivity index (χ2n) is 25.9. The highest BCUT2D eigenvalue weighted by Crippen LogP contribution is 2.52. The van der Waals surface area contributed by atoms with Crippen LogP contribution in [0, 0.1) is 6.92 Å². The molecule has 9 rings (SSSR count). The summed E-state index contributed by atoms with van der Waals surface area (Å²) in [4.78, 5) is 39.1. The number of rotatable bonds is 31. The monoisotopic (exact) mass is 1430 g/mol. The van der Waals surface area contributed by atoms with Gasteiger partial charge in [0.2, 0.25) is 21.6 Å². The molecule has 0 unspecified atom stereocenters. The molecule has 97 heavy (non-hydrogen) atoms. The third-order valence-electron chi connectivity index (χ3n) is 18.3. The molecule has 0 saturated carbocycles. The van der Waals surface area contributed by atoms with Gasteiger partial charge in [-0.2, -0.15) is 38.2 Å². The number of sulfonamides is 1. The van der Waals surface area contributed by atoms with Crippen LogP contribution in [0.25, 0.3) is 21.5 Å². The molecule has 7 N–H and O–H groups in total. The van der Waals surface area contributed by atoms with Crippen molar-refractivity contribution in [2.75, 3.05) is 54.9 Å². The van der Waals surface area contributed by atoms with Gasteiger partial charge in [-0.1, -0.05) is 69.5 Å². The van der Waals surface area contributed by atoms with Gasteiger partial charge in [0.15, 0.2) is 5.71 Å². The largest absolute Gasteiger partial charge is 0.481 e. The van der Waals surface area contributed by atoms with Crippen LogP contribution in [-0.4, -0.2) is 152 Å². The van der Waals surface area contributed by atoms with Gasteiger partial charge in [-0.3, -0.25) is 27.8 Å². The van der Waals surface area contributed by atoms with E-state index in [-0.39, 0.29) is 85.8 Å². The van der Waals surface area contributed by atoms with Gasteiger partial charge in [0, 0.05) is 109 Å². The van der Waals surface area contributed by atoms with Gasteiger partial charge in [-0.05, 0) is 147 Å². The Hall–Kier alpha value is -7.39. The minimum atomic E-state index is -5.05. The van der Waals surface area contributed by atoms with E-state index in [0.29, 0.717) is 63.9 Å². The van der Waals surface area contributed by atoms with Crippen LogP contribution in [0.1, 0.15) is 144 Å². The van der Waals surface area contributed by atoms with E-state index >= 15 is 0 Å². The van der Waals surface area contributed by atoms with Crippen molar-refractivity contribution in [3.63, 3.8) is 0 Å². The van der Waals surface area contributed by atoms with Gasteiger partial charge in [0.05, 0.1) is 33.1 Å². The number of aryl methyl sites for hydroxylation is 3. The molecule has 25 nitrogen and oxygen atoms in total. The third-order valence-corrected chi connectivity index (χ3v) is 23.5. The molecule has 522 valence electrons. The first kappa shape index (κ1) is 73.8. The Bertz CT molecular complexity index is 4790. The molecule has 0 fully saturated rings. The average molecular weight is 1430 g/mol. The fourth-order valence-corrected chi connectivity index (χ4v) is 17.3. The maximum atomic E-state index is 14.6. The summed E-state index contributed by atoms with van der Waals surface area (Å²) in [5.74, 6) is -0.981. The lowest BCUT2D eigenvalue weighted by Crippen LogP contribution is -2.30. The summed E-state index contributed by atoms with van der Waals surface area (Å²) in [6.45, 7) is 10.4. The van der Waals surface area contributed by atoms with Crippen LogP contribution in [0.2, 0.25) is 0 Å². The van der Waals surface area contributed by atoms with E-state index in [4.69, 9.17) is 4.98 Å². The Morgan fingerprint density at radius 2 is 1.44 bits per heavy atom. The summed E-state index contributed by atoms with van der Waals surface area (Å²) in [5, 5.41) is 17.1. The smallest absolute Gasteiger partial charge is 0.303 e. The van der Waals surface area contributed by atoms with E-state index in [1.165, 1.54) is 23.5 Å². The standard InChI is InChI=1S/C67H82N8O17S5/c1-44-69-42-48(43-70-44)45(38-62(77)78)19-10-7-8-11-22-54-47(37-46-20-15-31-68-65(46)72-54)41-71-61(76)26-16-32-73(6)95(85,86)57-23-14-21-52-50(57)27-29-55-63(52)66(2,3)59(74(55)33-17-35-93(79,80)81)24-12-9-13-25-60-67(4,5)64-53-39-49(96(87,88)89)40-58(97(90,91)92)51(53)28-30-56(64)75(60)34-18-36-94(82,83)84/h9,12-14,21,23-25,27-30,37,39-40,42-43,45H,7-8,10-11,15-20,22,26,31-36,38,41H2,1-6H3,(H6-,68,71,72,76,77,78,79,80,81,82,83,84,87,88,89,90,91,92)/p+1/t45-/m0/s1. The second-order valence-corrected chi connectivity index (χ2v) is 33.9. The Kier molecular flexibility index (Phi) is 22.5. The van der Waals surface area contributed by atoms with Crippen LogP contribution in [0.3, 0.4) is 0 Å². The summed E-state index contributed by atoms with van der Waals surface area (Å²) in [7, 11) is -21.5. The van der Waals surface area contributed by atoms with Crippen molar-refractivity contribution in [1.29, 1.82) is 0 Å². The number of carboxylic acid groups (broad SMARTS) is 1. The number of hydrogen-bond donors (Lipinski definition) is 7. The number of carbonyl (C=O) groups excluding carboxylic acids is 1. The number of hydrogen-bond acceptors (Lipinski definition) is 17. The maximum Gasteiger partial charge on any atom is 0.303 e. The zero-order valence-electron chi connectivity index (χ0n) is 54.9. The number of carbonyl (C=O) groups is 2. The number of nitrogens with zero attached hydrogens (tertiary/aromatic N) is 6. The average Bonchev–Trinajstić information content (AvgIpc) is 1.60. The molecule has 30 heteroatoms.